The standard InChI is InChI=1S/C26H28FN7OS/c1-4-33-11-25(12-33)13-34(14-25)16-5-6-18(28-9-16)30-24-29-10-17(27)20(31-24)21-15(2)19-22(36-21)26(7-8-26)32(3)23(19)35/h5-6,9-10H,4,7-8,11-14H2,1-3H3,(H,28,29,30,31). The van der Waals surface area contributed by atoms with E-state index in [0.29, 0.717) is 16.1 Å². The molecule has 4 aliphatic rings. The Balaban J connectivity index is 1.09. The van der Waals surface area contributed by atoms with Crippen molar-refractivity contribution < 1.29 is 9.18 Å². The van der Waals surface area contributed by atoms with Crippen molar-refractivity contribution >= 4 is 34.7 Å². The van der Waals surface area contributed by atoms with Crippen LogP contribution in [0, 0.1) is 18.2 Å². The average Bonchev–Trinajstić information content (AvgIpc) is 3.52. The Morgan fingerprint density at radius 3 is 2.58 bits per heavy atom. The van der Waals surface area contributed by atoms with Gasteiger partial charge in [0.1, 0.15) is 11.5 Å². The van der Waals surface area contributed by atoms with Gasteiger partial charge in [0.05, 0.1) is 34.1 Å². The third-order valence-electron chi connectivity index (χ3n) is 8.38. The molecule has 186 valence electrons. The fraction of sp³-hybridized carbons (Fsp3) is 0.462. The van der Waals surface area contributed by atoms with E-state index < -0.39 is 5.82 Å². The van der Waals surface area contributed by atoms with Gasteiger partial charge < -0.3 is 20.0 Å². The number of rotatable bonds is 5. The second-order valence-electron chi connectivity index (χ2n) is 10.7. The number of likely N-dealkylation sites (tertiary alicyclic amines) is 1. The second-order valence-corrected chi connectivity index (χ2v) is 11.8. The predicted molar refractivity (Wildman–Crippen MR) is 137 cm³/mol. The van der Waals surface area contributed by atoms with Gasteiger partial charge in [0, 0.05) is 43.5 Å². The van der Waals surface area contributed by atoms with Crippen LogP contribution in [0.3, 0.4) is 0 Å². The van der Waals surface area contributed by atoms with Gasteiger partial charge in [-0.2, -0.15) is 0 Å². The van der Waals surface area contributed by atoms with Crippen LogP contribution in [0.25, 0.3) is 10.6 Å². The van der Waals surface area contributed by atoms with Crippen molar-refractivity contribution in [3.05, 3.63) is 46.3 Å². The maximum Gasteiger partial charge on any atom is 0.255 e. The highest BCUT2D eigenvalue weighted by Gasteiger charge is 2.58. The van der Waals surface area contributed by atoms with Crippen LogP contribution in [0.2, 0.25) is 0 Å². The second kappa shape index (κ2) is 7.45. The van der Waals surface area contributed by atoms with Crippen LogP contribution in [-0.2, 0) is 5.54 Å². The molecule has 1 aliphatic carbocycles. The maximum atomic E-state index is 14.9. The van der Waals surface area contributed by atoms with Crippen LogP contribution in [0.15, 0.2) is 24.5 Å². The van der Waals surface area contributed by atoms with E-state index in [2.05, 4.69) is 37.0 Å². The first-order chi connectivity index (χ1) is 17.3. The molecule has 8 nitrogen and oxygen atoms in total. The number of aromatic nitrogens is 3. The summed E-state index contributed by atoms with van der Waals surface area (Å²) in [6.07, 6.45) is 4.96. The third kappa shape index (κ3) is 3.06. The Morgan fingerprint density at radius 2 is 1.92 bits per heavy atom. The van der Waals surface area contributed by atoms with Crippen molar-refractivity contribution in [1.29, 1.82) is 0 Å². The third-order valence-corrected chi connectivity index (χ3v) is 9.88. The molecule has 10 heteroatoms. The Bertz CT molecular complexity index is 1390. The molecule has 3 aliphatic heterocycles. The molecule has 1 amide bonds. The molecule has 36 heavy (non-hydrogen) atoms. The maximum absolute atomic E-state index is 14.9. The first-order valence-corrected chi connectivity index (χ1v) is 13.3. The number of nitrogens with zero attached hydrogens (tertiary/aromatic N) is 6. The molecule has 0 atom stereocenters. The largest absolute Gasteiger partial charge is 0.369 e. The van der Waals surface area contributed by atoms with Crippen LogP contribution in [0.5, 0.6) is 0 Å². The Kier molecular flexibility index (Phi) is 4.58. The summed E-state index contributed by atoms with van der Waals surface area (Å²) in [6, 6.07) is 3.95. The first kappa shape index (κ1) is 22.1. The Morgan fingerprint density at radius 1 is 1.14 bits per heavy atom. The summed E-state index contributed by atoms with van der Waals surface area (Å²) < 4.78 is 14.9. The zero-order valence-corrected chi connectivity index (χ0v) is 21.5. The number of carbonyl (C=O) groups excluding carboxylic acids is 1. The molecule has 3 aromatic heterocycles. The van der Waals surface area contributed by atoms with E-state index in [0.717, 1.165) is 54.2 Å². The average molecular weight is 506 g/mol. The summed E-state index contributed by atoms with van der Waals surface area (Å²) in [4.78, 5) is 34.5. The summed E-state index contributed by atoms with van der Waals surface area (Å²) in [5.41, 5.74) is 3.11. The predicted octanol–water partition coefficient (Wildman–Crippen LogP) is 4.01. The molecular formula is C26H28FN7OS. The fourth-order valence-electron chi connectivity index (χ4n) is 6.14. The van der Waals surface area contributed by atoms with Gasteiger partial charge in [0.15, 0.2) is 5.82 Å². The van der Waals surface area contributed by atoms with Gasteiger partial charge in [-0.3, -0.25) is 4.79 Å². The monoisotopic (exact) mass is 505 g/mol. The lowest BCUT2D eigenvalue weighted by Gasteiger charge is -2.61. The first-order valence-electron chi connectivity index (χ1n) is 12.5. The minimum atomic E-state index is -0.498. The van der Waals surface area contributed by atoms with Crippen molar-refractivity contribution in [3.63, 3.8) is 0 Å². The molecule has 6 heterocycles. The minimum Gasteiger partial charge on any atom is -0.369 e. The van der Waals surface area contributed by atoms with Gasteiger partial charge in [-0.15, -0.1) is 11.3 Å². The lowest BCUT2D eigenvalue weighted by Crippen LogP contribution is -2.72. The molecule has 0 bridgehead atoms. The number of amides is 1. The molecule has 0 radical (unpaired) electrons. The SMILES string of the molecule is CCN1CC2(C1)CN(c1ccc(Nc3ncc(F)c(-c4sc5c(c4C)C(=O)N(C)C54CC4)n3)nc1)C2. The van der Waals surface area contributed by atoms with E-state index in [9.17, 15) is 9.18 Å². The van der Waals surface area contributed by atoms with Crippen LogP contribution < -0.4 is 10.2 Å². The highest BCUT2D eigenvalue weighted by Crippen LogP contribution is 2.60. The van der Waals surface area contributed by atoms with Crippen LogP contribution in [0.1, 0.15) is 40.6 Å². The number of halogens is 1. The number of carbonyl (C=O) groups is 1. The van der Waals surface area contributed by atoms with Crippen LogP contribution in [0.4, 0.5) is 21.8 Å². The number of hydrogen-bond donors (Lipinski definition) is 1. The van der Waals surface area contributed by atoms with E-state index in [-0.39, 0.29) is 23.1 Å². The summed E-state index contributed by atoms with van der Waals surface area (Å²) >= 11 is 1.49. The molecule has 2 saturated heterocycles. The summed E-state index contributed by atoms with van der Waals surface area (Å²) in [6.45, 7) is 9.75. The number of hydrogen-bond acceptors (Lipinski definition) is 8. The van der Waals surface area contributed by atoms with E-state index in [4.69, 9.17) is 0 Å². The van der Waals surface area contributed by atoms with Crippen LogP contribution in [-0.4, -0.2) is 70.4 Å². The number of thiophene rings is 1. The van der Waals surface area contributed by atoms with Crippen molar-refractivity contribution in [3.8, 4) is 10.6 Å². The Labute approximate surface area is 213 Å². The molecule has 1 N–H and O–H groups in total. The molecule has 3 aromatic rings. The topological polar surface area (TPSA) is 77.5 Å². The van der Waals surface area contributed by atoms with Crippen molar-refractivity contribution in [1.82, 2.24) is 24.8 Å². The lowest BCUT2D eigenvalue weighted by atomic mass is 9.72. The van der Waals surface area contributed by atoms with Gasteiger partial charge in [-0.1, -0.05) is 6.92 Å². The number of pyridine rings is 1. The smallest absolute Gasteiger partial charge is 0.255 e. The molecule has 7 rings (SSSR count). The quantitative estimate of drug-likeness (QED) is 0.562. The molecule has 1 saturated carbocycles. The van der Waals surface area contributed by atoms with Gasteiger partial charge in [0.2, 0.25) is 5.95 Å². The number of anilines is 3. The zero-order chi connectivity index (χ0) is 24.8. The summed E-state index contributed by atoms with van der Waals surface area (Å²) in [7, 11) is 1.86. The number of fused-ring (bicyclic) bond motifs is 2. The normalized spacial score (nSPS) is 21.1. The molecule has 3 fully saturated rings. The zero-order valence-electron chi connectivity index (χ0n) is 20.6. The van der Waals surface area contributed by atoms with Crippen molar-refractivity contribution in [2.75, 3.05) is 50.0 Å². The number of nitrogens with one attached hydrogen (secondary N) is 1. The highest BCUT2D eigenvalue weighted by molar-refractivity contribution is 7.16. The summed E-state index contributed by atoms with van der Waals surface area (Å²) in [5.74, 6) is 0.405. The van der Waals surface area contributed by atoms with E-state index >= 15 is 0 Å². The molecule has 0 aromatic carbocycles. The Hall–Kier alpha value is -3.11. The molecule has 2 spiro atoms. The summed E-state index contributed by atoms with van der Waals surface area (Å²) in [5, 5.41) is 3.11. The fourth-order valence-corrected chi connectivity index (χ4v) is 7.71. The van der Waals surface area contributed by atoms with E-state index in [1.807, 2.05) is 37.2 Å². The molecular weight excluding hydrogens is 477 g/mol. The van der Waals surface area contributed by atoms with Crippen LogP contribution >= 0.6 is 11.3 Å². The van der Waals surface area contributed by atoms with Gasteiger partial charge in [0.25, 0.3) is 5.91 Å². The lowest BCUT2D eigenvalue weighted by molar-refractivity contribution is -0.0178. The minimum absolute atomic E-state index is 0.0210. The molecule has 0 unspecified atom stereocenters. The van der Waals surface area contributed by atoms with Gasteiger partial charge in [-0.05, 0) is 44.0 Å². The van der Waals surface area contributed by atoms with Gasteiger partial charge in [-0.25, -0.2) is 19.3 Å². The highest BCUT2D eigenvalue weighted by atomic mass is 32.1. The van der Waals surface area contributed by atoms with E-state index in [1.54, 1.807) is 0 Å². The van der Waals surface area contributed by atoms with E-state index in [1.165, 1.54) is 30.6 Å². The van der Waals surface area contributed by atoms with Gasteiger partial charge >= 0.3 is 0 Å². The van der Waals surface area contributed by atoms with Crippen molar-refractivity contribution in [2.45, 2.75) is 32.2 Å². The van der Waals surface area contributed by atoms with Crippen molar-refractivity contribution in [2.24, 2.45) is 5.41 Å².